The molecule has 3 rings (SSSR count). The lowest BCUT2D eigenvalue weighted by molar-refractivity contribution is -0.137. The van der Waals surface area contributed by atoms with Gasteiger partial charge in [0.1, 0.15) is 5.54 Å². The van der Waals surface area contributed by atoms with Gasteiger partial charge < -0.3 is 14.9 Å². The first-order valence-electron chi connectivity index (χ1n) is 8.91. The van der Waals surface area contributed by atoms with Gasteiger partial charge in [-0.2, -0.15) is 0 Å². The number of aromatic amines is 2. The highest BCUT2D eigenvalue weighted by molar-refractivity contribution is 6.07. The van der Waals surface area contributed by atoms with Crippen molar-refractivity contribution in [3.63, 3.8) is 0 Å². The lowest BCUT2D eigenvalue weighted by atomic mass is 9.85. The number of hydrogen-bond acceptors (Lipinski definition) is 4. The first-order valence-corrected chi connectivity index (χ1v) is 8.91. The molecule has 1 spiro atoms. The van der Waals surface area contributed by atoms with E-state index >= 15 is 0 Å². The molecule has 0 saturated carbocycles. The van der Waals surface area contributed by atoms with Gasteiger partial charge in [0.25, 0.3) is 11.5 Å². The number of likely N-dealkylation sites (tertiary alicyclic amines) is 1. The second-order valence-corrected chi connectivity index (χ2v) is 7.54. The molecule has 3 N–H and O–H groups in total. The van der Waals surface area contributed by atoms with Crippen LogP contribution in [0.15, 0.2) is 4.79 Å². The molecule has 0 aliphatic carbocycles. The molecule has 2 saturated heterocycles. The second kappa shape index (κ2) is 6.62. The fourth-order valence-corrected chi connectivity index (χ4v) is 3.79. The second-order valence-electron chi connectivity index (χ2n) is 7.54. The van der Waals surface area contributed by atoms with Gasteiger partial charge in [-0.25, -0.2) is 4.79 Å². The number of aryl methyl sites for hydroxylation is 1. The SMILES string of the molecule is Cc1[nH][nH]c(=O)c1CC(=O)N1CCC2(CC1)C(=O)NC(=O)N2CC(C)C. The molecule has 3 heterocycles. The van der Waals surface area contributed by atoms with Crippen molar-refractivity contribution >= 4 is 17.8 Å². The number of carbonyl (C=O) groups is 3. The Labute approximate surface area is 151 Å². The number of urea groups is 1. The zero-order chi connectivity index (χ0) is 19.1. The summed E-state index contributed by atoms with van der Waals surface area (Å²) in [6, 6.07) is -0.349. The summed E-state index contributed by atoms with van der Waals surface area (Å²) in [7, 11) is 0. The number of carbonyl (C=O) groups excluding carboxylic acids is 3. The van der Waals surface area contributed by atoms with E-state index in [9.17, 15) is 19.2 Å². The van der Waals surface area contributed by atoms with E-state index in [1.807, 2.05) is 13.8 Å². The maximum absolute atomic E-state index is 12.6. The molecule has 1 aromatic rings. The standard InChI is InChI=1S/C17H25N5O4/c1-10(2)9-22-16(26)18-15(25)17(22)4-6-21(7-5-17)13(23)8-12-11(3)19-20-14(12)24/h10H,4-9H2,1-3H3,(H,18,25,26)(H2,19,20,24). The number of amides is 4. The number of imide groups is 1. The van der Waals surface area contributed by atoms with Gasteiger partial charge in [0.05, 0.1) is 6.42 Å². The van der Waals surface area contributed by atoms with E-state index < -0.39 is 5.54 Å². The molecule has 1 aromatic heterocycles. The van der Waals surface area contributed by atoms with Gasteiger partial charge >= 0.3 is 6.03 Å². The molecule has 9 heteroatoms. The van der Waals surface area contributed by atoms with E-state index in [4.69, 9.17) is 0 Å². The Hall–Kier alpha value is -2.58. The van der Waals surface area contributed by atoms with Crippen molar-refractivity contribution in [2.24, 2.45) is 5.92 Å². The van der Waals surface area contributed by atoms with Crippen molar-refractivity contribution in [3.8, 4) is 0 Å². The summed E-state index contributed by atoms with van der Waals surface area (Å²) in [6.07, 6.45) is 0.843. The smallest absolute Gasteiger partial charge is 0.325 e. The van der Waals surface area contributed by atoms with Gasteiger partial charge in [0.2, 0.25) is 5.91 Å². The highest BCUT2D eigenvalue weighted by atomic mass is 16.2. The van der Waals surface area contributed by atoms with Gasteiger partial charge in [-0.05, 0) is 25.7 Å². The van der Waals surface area contributed by atoms with Crippen LogP contribution in [0.1, 0.15) is 37.9 Å². The molecule has 2 fully saturated rings. The summed E-state index contributed by atoms with van der Waals surface area (Å²) in [5.74, 6) is -0.173. The van der Waals surface area contributed by atoms with Crippen molar-refractivity contribution in [1.29, 1.82) is 0 Å². The number of rotatable bonds is 4. The van der Waals surface area contributed by atoms with Gasteiger partial charge in [-0.15, -0.1) is 0 Å². The third-order valence-corrected chi connectivity index (χ3v) is 5.31. The molecule has 0 unspecified atom stereocenters. The van der Waals surface area contributed by atoms with Crippen LogP contribution in [0.25, 0.3) is 0 Å². The number of piperidine rings is 1. The fraction of sp³-hybridized carbons (Fsp3) is 0.647. The number of aromatic nitrogens is 2. The molecule has 9 nitrogen and oxygen atoms in total. The highest BCUT2D eigenvalue weighted by Gasteiger charge is 2.54. The first-order chi connectivity index (χ1) is 12.2. The van der Waals surface area contributed by atoms with Crippen molar-refractivity contribution in [1.82, 2.24) is 25.3 Å². The Morgan fingerprint density at radius 2 is 1.81 bits per heavy atom. The minimum Gasteiger partial charge on any atom is -0.342 e. The summed E-state index contributed by atoms with van der Waals surface area (Å²) in [6.45, 7) is 7.01. The molecule has 2 aliphatic rings. The largest absolute Gasteiger partial charge is 0.342 e. The van der Waals surface area contributed by atoms with Crippen molar-refractivity contribution in [2.45, 2.75) is 45.6 Å². The molecule has 0 bridgehead atoms. The van der Waals surface area contributed by atoms with Crippen LogP contribution in [0.2, 0.25) is 0 Å². The van der Waals surface area contributed by atoms with Crippen LogP contribution in [0.5, 0.6) is 0 Å². The molecular weight excluding hydrogens is 338 g/mol. The van der Waals surface area contributed by atoms with Crippen LogP contribution in [0, 0.1) is 12.8 Å². The van der Waals surface area contributed by atoms with Crippen LogP contribution >= 0.6 is 0 Å². The summed E-state index contributed by atoms with van der Waals surface area (Å²) >= 11 is 0. The number of H-pyrrole nitrogens is 2. The van der Waals surface area contributed by atoms with Gasteiger partial charge in [0, 0.05) is 30.9 Å². The molecular formula is C17H25N5O4. The predicted molar refractivity (Wildman–Crippen MR) is 93.5 cm³/mol. The third kappa shape index (κ3) is 3.02. The summed E-state index contributed by atoms with van der Waals surface area (Å²) in [5.41, 5.74) is -0.0565. The molecule has 2 aliphatic heterocycles. The Balaban J connectivity index is 1.69. The maximum Gasteiger partial charge on any atom is 0.325 e. The molecule has 26 heavy (non-hydrogen) atoms. The van der Waals surface area contributed by atoms with Crippen LogP contribution < -0.4 is 10.9 Å². The monoisotopic (exact) mass is 363 g/mol. The van der Waals surface area contributed by atoms with E-state index in [1.54, 1.807) is 16.7 Å². The van der Waals surface area contributed by atoms with Crippen molar-refractivity contribution in [3.05, 3.63) is 21.6 Å². The zero-order valence-electron chi connectivity index (χ0n) is 15.3. The topological polar surface area (TPSA) is 118 Å². The molecule has 0 atom stereocenters. The van der Waals surface area contributed by atoms with E-state index in [0.29, 0.717) is 43.7 Å². The average molecular weight is 363 g/mol. The first kappa shape index (κ1) is 18.2. The van der Waals surface area contributed by atoms with E-state index in [0.717, 1.165) is 0 Å². The quantitative estimate of drug-likeness (QED) is 0.659. The minimum atomic E-state index is -0.862. The minimum absolute atomic E-state index is 0.0263. The van der Waals surface area contributed by atoms with Crippen LogP contribution in [-0.2, 0) is 16.0 Å². The third-order valence-electron chi connectivity index (χ3n) is 5.31. The molecule has 142 valence electrons. The Morgan fingerprint density at radius 1 is 1.15 bits per heavy atom. The van der Waals surface area contributed by atoms with Crippen LogP contribution in [-0.4, -0.2) is 63.0 Å². The lowest BCUT2D eigenvalue weighted by Gasteiger charge is -2.42. The van der Waals surface area contributed by atoms with Gasteiger partial charge in [-0.1, -0.05) is 13.8 Å². The molecule has 0 radical (unpaired) electrons. The average Bonchev–Trinajstić information content (AvgIpc) is 3.01. The Morgan fingerprint density at radius 3 is 2.35 bits per heavy atom. The molecule has 4 amide bonds. The van der Waals surface area contributed by atoms with Crippen LogP contribution in [0.4, 0.5) is 4.79 Å². The highest BCUT2D eigenvalue weighted by Crippen LogP contribution is 2.34. The number of hydrogen-bond donors (Lipinski definition) is 3. The molecule has 0 aromatic carbocycles. The fourth-order valence-electron chi connectivity index (χ4n) is 3.79. The Bertz CT molecular complexity index is 785. The Kier molecular flexibility index (Phi) is 4.64. The maximum atomic E-state index is 12.6. The summed E-state index contributed by atoms with van der Waals surface area (Å²) in [5, 5.41) is 7.61. The zero-order valence-corrected chi connectivity index (χ0v) is 15.3. The lowest BCUT2D eigenvalue weighted by Crippen LogP contribution is -2.58. The predicted octanol–water partition coefficient (Wildman–Crippen LogP) is 0.123. The van der Waals surface area contributed by atoms with Crippen molar-refractivity contribution < 1.29 is 14.4 Å². The van der Waals surface area contributed by atoms with Gasteiger partial charge in [-0.3, -0.25) is 24.8 Å². The summed E-state index contributed by atoms with van der Waals surface area (Å²) < 4.78 is 0. The van der Waals surface area contributed by atoms with E-state index in [2.05, 4.69) is 15.5 Å². The van der Waals surface area contributed by atoms with Gasteiger partial charge in [0.15, 0.2) is 0 Å². The number of nitrogens with zero attached hydrogens (tertiary/aromatic N) is 2. The summed E-state index contributed by atoms with van der Waals surface area (Å²) in [4.78, 5) is 52.2. The normalized spacial score (nSPS) is 19.5. The van der Waals surface area contributed by atoms with E-state index in [-0.39, 0.29) is 35.7 Å². The van der Waals surface area contributed by atoms with Crippen LogP contribution in [0.3, 0.4) is 0 Å². The van der Waals surface area contributed by atoms with Crippen molar-refractivity contribution in [2.75, 3.05) is 19.6 Å². The van der Waals surface area contributed by atoms with E-state index in [1.165, 1.54) is 0 Å². The number of nitrogens with one attached hydrogen (secondary N) is 3.